The summed E-state index contributed by atoms with van der Waals surface area (Å²) in [6, 6.07) is 26.7. The highest BCUT2D eigenvalue weighted by molar-refractivity contribution is 5.71. The van der Waals surface area contributed by atoms with Gasteiger partial charge in [-0.25, -0.2) is 0 Å². The van der Waals surface area contributed by atoms with Gasteiger partial charge in [-0.3, -0.25) is 4.79 Å². The molecule has 176 valence electrons. The van der Waals surface area contributed by atoms with E-state index in [0.29, 0.717) is 18.4 Å². The van der Waals surface area contributed by atoms with E-state index < -0.39 is 5.97 Å². The molecular formula is C30H32O4. The van der Waals surface area contributed by atoms with Crippen LogP contribution < -0.4 is 9.47 Å². The Hall–Kier alpha value is -3.27. The summed E-state index contributed by atoms with van der Waals surface area (Å²) in [5, 5.41) is 9.54. The maximum absolute atomic E-state index is 11.6. The Morgan fingerprint density at radius 1 is 0.912 bits per heavy atom. The van der Waals surface area contributed by atoms with Gasteiger partial charge in [-0.05, 0) is 84.4 Å². The van der Waals surface area contributed by atoms with Crippen molar-refractivity contribution in [3.8, 4) is 22.6 Å². The summed E-state index contributed by atoms with van der Waals surface area (Å²) in [4.78, 5) is 11.6. The Morgan fingerprint density at radius 2 is 1.62 bits per heavy atom. The fourth-order valence-corrected chi connectivity index (χ4v) is 5.08. The van der Waals surface area contributed by atoms with Crippen molar-refractivity contribution < 1.29 is 19.4 Å². The van der Waals surface area contributed by atoms with E-state index in [1.54, 1.807) is 0 Å². The molecule has 2 aliphatic rings. The van der Waals surface area contributed by atoms with Crippen LogP contribution in [0.1, 0.15) is 44.1 Å². The predicted octanol–water partition coefficient (Wildman–Crippen LogP) is 6.80. The van der Waals surface area contributed by atoms with Crippen molar-refractivity contribution in [3.63, 3.8) is 0 Å². The first-order valence-corrected chi connectivity index (χ1v) is 12.3. The Kier molecular flexibility index (Phi) is 6.57. The minimum absolute atomic E-state index is 0.0641. The number of ether oxygens (including phenoxy) is 2. The van der Waals surface area contributed by atoms with E-state index in [4.69, 9.17) is 9.47 Å². The number of rotatable bonds is 10. The first kappa shape index (κ1) is 22.5. The van der Waals surface area contributed by atoms with Crippen molar-refractivity contribution in [2.24, 2.45) is 17.8 Å². The molecule has 2 saturated carbocycles. The van der Waals surface area contributed by atoms with Crippen LogP contribution in [0.3, 0.4) is 0 Å². The van der Waals surface area contributed by atoms with Gasteiger partial charge in [0.05, 0.1) is 18.6 Å². The fraction of sp³-hybridized carbons (Fsp3) is 0.367. The first-order valence-electron chi connectivity index (χ1n) is 12.3. The lowest BCUT2D eigenvalue weighted by atomic mass is 9.82. The lowest BCUT2D eigenvalue weighted by Gasteiger charge is -2.35. The second-order valence-electron chi connectivity index (χ2n) is 9.84. The van der Waals surface area contributed by atoms with Gasteiger partial charge >= 0.3 is 5.97 Å². The monoisotopic (exact) mass is 456 g/mol. The number of hydrogen-bond acceptors (Lipinski definition) is 3. The number of carboxylic acids is 1. The van der Waals surface area contributed by atoms with Gasteiger partial charge in [-0.15, -0.1) is 0 Å². The largest absolute Gasteiger partial charge is 0.493 e. The van der Waals surface area contributed by atoms with Crippen molar-refractivity contribution >= 4 is 5.97 Å². The second kappa shape index (κ2) is 9.92. The minimum Gasteiger partial charge on any atom is -0.493 e. The Labute approximate surface area is 201 Å². The number of carbonyl (C=O) groups is 1. The number of aliphatic carboxylic acids is 1. The SMILES string of the molecule is C[C@H](C(=O)O)C(c1cccc(OCC2CC(Oc3cccc(-c4ccccc4)c3)C2)c1)C1CC1. The van der Waals surface area contributed by atoms with Crippen LogP contribution in [0.25, 0.3) is 11.1 Å². The van der Waals surface area contributed by atoms with Gasteiger partial charge in [-0.1, -0.05) is 61.5 Å². The summed E-state index contributed by atoms with van der Waals surface area (Å²) in [6.45, 7) is 2.48. The zero-order valence-corrected chi connectivity index (χ0v) is 19.6. The van der Waals surface area contributed by atoms with E-state index in [9.17, 15) is 9.90 Å². The van der Waals surface area contributed by atoms with E-state index >= 15 is 0 Å². The van der Waals surface area contributed by atoms with Gasteiger partial charge in [0, 0.05) is 0 Å². The van der Waals surface area contributed by atoms with Gasteiger partial charge in [0.1, 0.15) is 11.5 Å². The fourth-order valence-electron chi connectivity index (χ4n) is 5.08. The molecule has 2 fully saturated rings. The molecule has 0 aromatic heterocycles. The zero-order valence-electron chi connectivity index (χ0n) is 19.6. The molecule has 0 heterocycles. The highest BCUT2D eigenvalue weighted by atomic mass is 16.5. The van der Waals surface area contributed by atoms with E-state index in [1.807, 2.05) is 61.5 Å². The summed E-state index contributed by atoms with van der Waals surface area (Å²) < 4.78 is 12.3. The van der Waals surface area contributed by atoms with E-state index in [0.717, 1.165) is 42.7 Å². The smallest absolute Gasteiger partial charge is 0.306 e. The number of hydrogen-bond donors (Lipinski definition) is 1. The average Bonchev–Trinajstić information content (AvgIpc) is 3.67. The molecule has 34 heavy (non-hydrogen) atoms. The maximum Gasteiger partial charge on any atom is 0.306 e. The molecule has 4 nitrogen and oxygen atoms in total. The quantitative estimate of drug-likeness (QED) is 0.364. The molecule has 1 unspecified atom stereocenters. The van der Waals surface area contributed by atoms with Crippen LogP contribution in [-0.2, 0) is 4.79 Å². The van der Waals surface area contributed by atoms with Gasteiger partial charge in [0.15, 0.2) is 0 Å². The Bertz CT molecular complexity index is 1120. The molecule has 0 amide bonds. The molecule has 0 aliphatic heterocycles. The normalized spacial score (nSPS) is 21.2. The van der Waals surface area contributed by atoms with Crippen LogP contribution in [0.5, 0.6) is 11.5 Å². The van der Waals surface area contributed by atoms with Crippen molar-refractivity contribution in [1.82, 2.24) is 0 Å². The van der Waals surface area contributed by atoms with Crippen molar-refractivity contribution in [2.75, 3.05) is 6.61 Å². The van der Waals surface area contributed by atoms with Crippen LogP contribution in [0.4, 0.5) is 0 Å². The molecule has 2 atom stereocenters. The third kappa shape index (κ3) is 5.27. The molecule has 2 aliphatic carbocycles. The zero-order chi connectivity index (χ0) is 23.5. The summed E-state index contributed by atoms with van der Waals surface area (Å²) >= 11 is 0. The van der Waals surface area contributed by atoms with Crippen molar-refractivity contribution in [2.45, 2.75) is 44.6 Å². The predicted molar refractivity (Wildman–Crippen MR) is 133 cm³/mol. The molecule has 0 radical (unpaired) electrons. The van der Waals surface area contributed by atoms with E-state index in [1.165, 1.54) is 11.1 Å². The van der Waals surface area contributed by atoms with Crippen LogP contribution in [0, 0.1) is 17.8 Å². The van der Waals surface area contributed by atoms with Crippen LogP contribution in [0.2, 0.25) is 0 Å². The Balaban J connectivity index is 1.13. The van der Waals surface area contributed by atoms with E-state index in [-0.39, 0.29) is 17.9 Å². The number of carboxylic acid groups (broad SMARTS) is 1. The molecule has 0 saturated heterocycles. The van der Waals surface area contributed by atoms with Crippen LogP contribution >= 0.6 is 0 Å². The van der Waals surface area contributed by atoms with Gasteiger partial charge < -0.3 is 14.6 Å². The van der Waals surface area contributed by atoms with Crippen LogP contribution in [0.15, 0.2) is 78.9 Å². The van der Waals surface area contributed by atoms with Crippen molar-refractivity contribution in [1.29, 1.82) is 0 Å². The topological polar surface area (TPSA) is 55.8 Å². The molecular weight excluding hydrogens is 424 g/mol. The average molecular weight is 457 g/mol. The van der Waals surface area contributed by atoms with E-state index in [2.05, 4.69) is 24.3 Å². The van der Waals surface area contributed by atoms with Gasteiger partial charge in [0.2, 0.25) is 0 Å². The molecule has 1 N–H and O–H groups in total. The molecule has 4 heteroatoms. The van der Waals surface area contributed by atoms with Crippen molar-refractivity contribution in [3.05, 3.63) is 84.4 Å². The highest BCUT2D eigenvalue weighted by Crippen LogP contribution is 2.47. The molecule has 3 aromatic rings. The molecule has 0 bridgehead atoms. The summed E-state index contributed by atoms with van der Waals surface area (Å²) in [5.41, 5.74) is 3.44. The molecule has 3 aromatic carbocycles. The van der Waals surface area contributed by atoms with Gasteiger partial charge in [-0.2, -0.15) is 0 Å². The highest BCUT2D eigenvalue weighted by Gasteiger charge is 2.38. The summed E-state index contributed by atoms with van der Waals surface area (Å²) in [7, 11) is 0. The second-order valence-corrected chi connectivity index (χ2v) is 9.84. The number of benzene rings is 3. The summed E-state index contributed by atoms with van der Waals surface area (Å²) in [6.07, 6.45) is 4.42. The minimum atomic E-state index is -0.724. The standard InChI is InChI=1S/C30H32O4/c1-20(30(31)32)29(23-13-14-23)25-10-6-11-26(18-25)33-19-21-15-28(16-21)34-27-12-5-9-24(17-27)22-7-3-2-4-8-22/h2-12,17-18,20-21,23,28-29H,13-16,19H2,1H3,(H,31,32)/t20-,21?,28?,29?/m0/s1. The summed E-state index contributed by atoms with van der Waals surface area (Å²) in [5.74, 6) is 1.66. The third-order valence-corrected chi connectivity index (χ3v) is 7.22. The first-order chi connectivity index (χ1) is 16.6. The van der Waals surface area contributed by atoms with Gasteiger partial charge in [0.25, 0.3) is 0 Å². The molecule has 5 rings (SSSR count). The lowest BCUT2D eigenvalue weighted by Crippen LogP contribution is -2.37. The molecule has 0 spiro atoms. The maximum atomic E-state index is 11.6. The Morgan fingerprint density at radius 3 is 2.35 bits per heavy atom. The third-order valence-electron chi connectivity index (χ3n) is 7.22. The van der Waals surface area contributed by atoms with Crippen LogP contribution in [-0.4, -0.2) is 23.8 Å². The lowest BCUT2D eigenvalue weighted by molar-refractivity contribution is -0.142.